The van der Waals surface area contributed by atoms with Gasteiger partial charge in [0.2, 0.25) is 0 Å². The van der Waals surface area contributed by atoms with Crippen LogP contribution in [0.25, 0.3) is 0 Å². The van der Waals surface area contributed by atoms with Gasteiger partial charge in [-0.2, -0.15) is 0 Å². The molecule has 0 saturated carbocycles. The number of unbranched alkanes of at least 4 members (excludes halogenated alkanes) is 19. The van der Waals surface area contributed by atoms with Gasteiger partial charge in [0.05, 0.1) is 26.4 Å². The van der Waals surface area contributed by atoms with Crippen molar-refractivity contribution >= 4 is 39.5 Å². The van der Waals surface area contributed by atoms with Gasteiger partial charge < -0.3 is 33.8 Å². The van der Waals surface area contributed by atoms with Crippen molar-refractivity contribution in [1.82, 2.24) is 0 Å². The summed E-state index contributed by atoms with van der Waals surface area (Å²) in [6, 6.07) is 0. The SMILES string of the molecule is CC/C=C\C/C=C\C/C=C\C/C=C\C/C=C\C/C=C\CCC(=O)OCC(COP(=O)(O)OCC(O)COP(=O)(O)OCC(COC(=O)CCC/C=C\C/C=C\C/C=C\C/C=C\C/C=C\CC)OC(=O)CCCCCCCCCCCCC)OC(=O)CCCCCCC/C=C\C/C=C\CCCCC. The van der Waals surface area contributed by atoms with Crippen LogP contribution >= 0.6 is 15.6 Å². The molecule has 3 N–H and O–H groups in total. The molecule has 0 heterocycles. The fourth-order valence-corrected chi connectivity index (χ4v) is 11.2. The zero-order valence-corrected chi connectivity index (χ0v) is 65.0. The number of aliphatic hydroxyl groups excluding tert-OH is 1. The van der Waals surface area contributed by atoms with E-state index in [1.165, 1.54) is 57.8 Å². The van der Waals surface area contributed by atoms with Crippen LogP contribution in [0.15, 0.2) is 158 Å². The molecular weight excluding hydrogens is 1330 g/mol. The maximum Gasteiger partial charge on any atom is 0.472 e. The second kappa shape index (κ2) is 74.0. The molecule has 102 heavy (non-hydrogen) atoms. The molecular formula is C83H136O17P2. The van der Waals surface area contributed by atoms with Crippen LogP contribution in [0.1, 0.15) is 285 Å². The zero-order chi connectivity index (χ0) is 74.6. The Labute approximate surface area is 617 Å². The Hall–Kier alpha value is -5.32. The van der Waals surface area contributed by atoms with E-state index >= 15 is 0 Å². The Balaban J connectivity index is 5.46. The molecule has 0 rings (SSSR count). The van der Waals surface area contributed by atoms with Crippen molar-refractivity contribution in [2.75, 3.05) is 39.6 Å². The van der Waals surface area contributed by atoms with Gasteiger partial charge in [0.1, 0.15) is 19.3 Å². The molecule has 0 aromatic carbocycles. The largest absolute Gasteiger partial charge is 0.472 e. The van der Waals surface area contributed by atoms with Crippen LogP contribution in [0.5, 0.6) is 0 Å². The van der Waals surface area contributed by atoms with Crippen molar-refractivity contribution in [3.63, 3.8) is 0 Å². The lowest BCUT2D eigenvalue weighted by atomic mass is 10.1. The normalized spacial score (nSPS) is 14.8. The summed E-state index contributed by atoms with van der Waals surface area (Å²) in [6.07, 6.45) is 85.4. The van der Waals surface area contributed by atoms with Crippen LogP contribution in [-0.4, -0.2) is 96.7 Å². The summed E-state index contributed by atoms with van der Waals surface area (Å²) < 4.78 is 68.3. The Morgan fingerprint density at radius 2 is 0.539 bits per heavy atom. The minimum absolute atomic E-state index is 0.0277. The van der Waals surface area contributed by atoms with E-state index in [9.17, 15) is 43.2 Å². The molecule has 0 amide bonds. The summed E-state index contributed by atoms with van der Waals surface area (Å²) in [4.78, 5) is 72.8. The average molecular weight is 1470 g/mol. The van der Waals surface area contributed by atoms with Gasteiger partial charge >= 0.3 is 39.5 Å². The summed E-state index contributed by atoms with van der Waals surface area (Å²) in [5, 5.41) is 10.6. The van der Waals surface area contributed by atoms with Gasteiger partial charge in [-0.3, -0.25) is 37.3 Å². The van der Waals surface area contributed by atoms with Crippen LogP contribution in [0.4, 0.5) is 0 Å². The highest BCUT2D eigenvalue weighted by atomic mass is 31.2. The Morgan fingerprint density at radius 3 is 0.892 bits per heavy atom. The second-order valence-corrected chi connectivity index (χ2v) is 28.1. The van der Waals surface area contributed by atoms with Gasteiger partial charge in [0, 0.05) is 25.7 Å². The molecule has 0 radical (unpaired) electrons. The summed E-state index contributed by atoms with van der Waals surface area (Å²) in [5.74, 6) is -2.36. The number of hydrogen-bond acceptors (Lipinski definition) is 15. The van der Waals surface area contributed by atoms with Gasteiger partial charge in [0.15, 0.2) is 12.2 Å². The number of carbonyl (C=O) groups is 4. The number of allylic oxidation sites excluding steroid dienone is 26. The number of ether oxygens (including phenoxy) is 4. The number of aliphatic hydroxyl groups is 1. The van der Waals surface area contributed by atoms with E-state index in [-0.39, 0.29) is 25.7 Å². The Morgan fingerprint density at radius 1 is 0.284 bits per heavy atom. The first-order chi connectivity index (χ1) is 49.7. The number of esters is 4. The van der Waals surface area contributed by atoms with Crippen LogP contribution in [-0.2, 0) is 65.4 Å². The quantitative estimate of drug-likeness (QED) is 0.0169. The zero-order valence-electron chi connectivity index (χ0n) is 63.2. The van der Waals surface area contributed by atoms with E-state index in [0.29, 0.717) is 38.5 Å². The van der Waals surface area contributed by atoms with Crippen molar-refractivity contribution in [2.45, 2.75) is 303 Å². The lowest BCUT2D eigenvalue weighted by Gasteiger charge is -2.21. The van der Waals surface area contributed by atoms with Gasteiger partial charge in [-0.15, -0.1) is 0 Å². The monoisotopic (exact) mass is 1470 g/mol. The van der Waals surface area contributed by atoms with Crippen LogP contribution in [0, 0.1) is 0 Å². The van der Waals surface area contributed by atoms with Crippen molar-refractivity contribution in [3.8, 4) is 0 Å². The number of phosphoric acid groups is 2. The molecule has 0 saturated heterocycles. The van der Waals surface area contributed by atoms with Gasteiger partial charge in [-0.1, -0.05) is 282 Å². The number of carbonyl (C=O) groups excluding carboxylic acids is 4. The molecule has 5 unspecified atom stereocenters. The fourth-order valence-electron chi connectivity index (χ4n) is 9.66. The van der Waals surface area contributed by atoms with Crippen LogP contribution in [0.3, 0.4) is 0 Å². The molecule has 0 fully saturated rings. The predicted molar refractivity (Wildman–Crippen MR) is 417 cm³/mol. The molecule has 5 atom stereocenters. The summed E-state index contributed by atoms with van der Waals surface area (Å²) >= 11 is 0. The van der Waals surface area contributed by atoms with Gasteiger partial charge in [0.25, 0.3) is 0 Å². The highest BCUT2D eigenvalue weighted by Crippen LogP contribution is 2.45. The molecule has 0 aliphatic rings. The maximum absolute atomic E-state index is 13.1. The lowest BCUT2D eigenvalue weighted by molar-refractivity contribution is -0.161. The average Bonchev–Trinajstić information content (AvgIpc) is 0.939. The molecule has 0 spiro atoms. The molecule has 0 aliphatic carbocycles. The smallest absolute Gasteiger partial charge is 0.462 e. The molecule has 0 aromatic heterocycles. The standard InChI is InChI=1S/C83H136O17P2/c1-5-9-13-17-21-25-29-32-35-37-38-40-43-45-49-52-56-60-64-68-81(86)94-74-79(100-83(88)70-66-62-58-54-50-46-41-34-31-27-23-19-15-11-7-3)76-98-102(91,92)96-72-77(84)71-95-101(89,90)97-75-78(99-82(87)69-65-61-57-53-47-28-24-20-16-12-8-4)73-93-80(85)67-63-59-55-51-48-44-42-39-36-33-30-26-22-18-14-10-6-2/h9-10,13-14,21-23,25-27,32-36,38,40-42,44-45,49,51,55-56,60,77-79,84H,5-8,11-12,15-20,24,28-31,37,39,43,46-48,50,52-54,57-59,61-76H2,1-4H3,(H,89,90)(H,91,92)/b13-9-,14-10-,25-21-,26-22-,27-23-,35-32-,36-33-,40-38-,41-34-,44-42-,49-45-,55-51-,60-56-. The minimum Gasteiger partial charge on any atom is -0.462 e. The number of hydrogen-bond donors (Lipinski definition) is 3. The van der Waals surface area contributed by atoms with Crippen molar-refractivity contribution in [3.05, 3.63) is 158 Å². The van der Waals surface area contributed by atoms with Gasteiger partial charge in [-0.25, -0.2) is 9.13 Å². The van der Waals surface area contributed by atoms with Crippen LogP contribution < -0.4 is 0 Å². The van der Waals surface area contributed by atoms with E-state index in [1.54, 1.807) is 0 Å². The predicted octanol–water partition coefficient (Wildman–Crippen LogP) is 22.4. The third kappa shape index (κ3) is 73.0. The third-order valence-electron chi connectivity index (χ3n) is 15.5. The first-order valence-corrected chi connectivity index (χ1v) is 41.7. The number of phosphoric ester groups is 2. The highest BCUT2D eigenvalue weighted by Gasteiger charge is 2.30. The molecule has 0 bridgehead atoms. The maximum atomic E-state index is 13.1. The molecule has 19 heteroatoms. The van der Waals surface area contributed by atoms with E-state index in [0.717, 1.165) is 135 Å². The molecule has 0 aliphatic heterocycles. The lowest BCUT2D eigenvalue weighted by Crippen LogP contribution is -2.30. The first-order valence-electron chi connectivity index (χ1n) is 38.7. The van der Waals surface area contributed by atoms with Crippen molar-refractivity contribution < 1.29 is 80.2 Å². The van der Waals surface area contributed by atoms with Crippen molar-refractivity contribution in [2.24, 2.45) is 0 Å². The highest BCUT2D eigenvalue weighted by molar-refractivity contribution is 7.47. The van der Waals surface area contributed by atoms with E-state index < -0.39 is 97.5 Å². The molecule has 0 aromatic rings. The Kier molecular flexibility index (Phi) is 70.1. The minimum atomic E-state index is -5.00. The summed E-state index contributed by atoms with van der Waals surface area (Å²) in [7, 11) is -10.00. The fraction of sp³-hybridized carbons (Fsp3) is 0.639. The molecule has 580 valence electrons. The Bertz CT molecular complexity index is 2550. The van der Waals surface area contributed by atoms with Gasteiger partial charge in [-0.05, 0) is 135 Å². The van der Waals surface area contributed by atoms with E-state index in [1.807, 2.05) is 30.4 Å². The third-order valence-corrected chi connectivity index (χ3v) is 17.4. The van der Waals surface area contributed by atoms with Crippen molar-refractivity contribution in [1.29, 1.82) is 0 Å². The van der Waals surface area contributed by atoms with E-state index in [2.05, 4.69) is 155 Å². The number of rotatable bonds is 71. The first kappa shape index (κ1) is 96.7. The summed E-state index contributed by atoms with van der Waals surface area (Å²) in [6.45, 7) is 4.43. The van der Waals surface area contributed by atoms with Crippen LogP contribution in [0.2, 0.25) is 0 Å². The van der Waals surface area contributed by atoms with E-state index in [4.69, 9.17) is 37.0 Å². The molecule has 17 nitrogen and oxygen atoms in total. The topological polar surface area (TPSA) is 237 Å². The second-order valence-electron chi connectivity index (χ2n) is 25.2. The summed E-state index contributed by atoms with van der Waals surface area (Å²) in [5.41, 5.74) is 0.